The first-order chi connectivity index (χ1) is 7.67. The molecule has 1 rings (SSSR count). The lowest BCUT2D eigenvalue weighted by atomic mass is 10.0. The summed E-state index contributed by atoms with van der Waals surface area (Å²) in [5, 5.41) is 5.91. The topological polar surface area (TPSA) is 67.4 Å². The van der Waals surface area contributed by atoms with Crippen LogP contribution in [0.15, 0.2) is 0 Å². The molecule has 0 radical (unpaired) electrons. The van der Waals surface area contributed by atoms with Gasteiger partial charge < -0.3 is 15.4 Å². The predicted molar refractivity (Wildman–Crippen MR) is 67.1 cm³/mol. The molecule has 100 valence electrons. The van der Waals surface area contributed by atoms with E-state index in [9.17, 15) is 9.59 Å². The highest BCUT2D eigenvalue weighted by molar-refractivity contribution is 5.85. The highest BCUT2D eigenvalue weighted by Gasteiger charge is 2.22. The molecule has 2 atom stereocenters. The van der Waals surface area contributed by atoms with E-state index in [1.807, 2.05) is 6.92 Å². The molecule has 0 aromatic heterocycles. The van der Waals surface area contributed by atoms with Crippen molar-refractivity contribution in [3.05, 3.63) is 0 Å². The molecule has 1 aliphatic heterocycles. The Morgan fingerprint density at radius 3 is 2.71 bits per heavy atom. The summed E-state index contributed by atoms with van der Waals surface area (Å²) in [6.07, 6.45) is 2.07. The Kier molecular flexibility index (Phi) is 7.91. The monoisotopic (exact) mass is 264 g/mol. The highest BCUT2D eigenvalue weighted by Crippen LogP contribution is 2.12. The standard InChI is InChI=1S/C11H20N2O3.ClH/c1-3-9(11(15)16-2)13-10(14)6-8-4-5-12-7-8;/h8-9,12H,3-7H2,1-2H3,(H,13,14);1H. The van der Waals surface area contributed by atoms with E-state index in [0.717, 1.165) is 19.5 Å². The molecule has 0 aliphatic carbocycles. The molecule has 2 N–H and O–H groups in total. The number of methoxy groups -OCH3 is 1. The van der Waals surface area contributed by atoms with Gasteiger partial charge in [-0.3, -0.25) is 4.79 Å². The molecule has 1 saturated heterocycles. The Bertz CT molecular complexity index is 255. The summed E-state index contributed by atoms with van der Waals surface area (Å²) in [5.41, 5.74) is 0. The van der Waals surface area contributed by atoms with Crippen molar-refractivity contribution in [1.29, 1.82) is 0 Å². The van der Waals surface area contributed by atoms with Crippen LogP contribution >= 0.6 is 12.4 Å². The number of halogens is 1. The third kappa shape index (κ3) is 5.37. The van der Waals surface area contributed by atoms with Gasteiger partial charge in [0.2, 0.25) is 5.91 Å². The SMILES string of the molecule is CCC(NC(=O)CC1CCNC1)C(=O)OC.Cl. The molecule has 0 aromatic rings. The molecule has 0 spiro atoms. The van der Waals surface area contributed by atoms with Crippen LogP contribution in [0, 0.1) is 5.92 Å². The van der Waals surface area contributed by atoms with E-state index >= 15 is 0 Å². The van der Waals surface area contributed by atoms with E-state index in [2.05, 4.69) is 15.4 Å². The maximum atomic E-state index is 11.6. The predicted octanol–water partition coefficient (Wildman–Crippen LogP) is 0.476. The van der Waals surface area contributed by atoms with Crippen molar-refractivity contribution in [1.82, 2.24) is 10.6 Å². The van der Waals surface area contributed by atoms with Crippen LogP contribution in [0.25, 0.3) is 0 Å². The molecule has 1 fully saturated rings. The summed E-state index contributed by atoms with van der Waals surface area (Å²) in [5.74, 6) is -0.0403. The van der Waals surface area contributed by atoms with Crippen molar-refractivity contribution in [3.63, 3.8) is 0 Å². The zero-order valence-electron chi connectivity index (χ0n) is 10.3. The molecular formula is C11H21ClN2O3. The van der Waals surface area contributed by atoms with Gasteiger partial charge in [-0.25, -0.2) is 4.79 Å². The fraction of sp³-hybridized carbons (Fsp3) is 0.818. The molecule has 5 nitrogen and oxygen atoms in total. The third-order valence-corrected chi connectivity index (χ3v) is 2.87. The zero-order chi connectivity index (χ0) is 12.0. The molecule has 1 heterocycles. The first kappa shape index (κ1) is 16.2. The maximum Gasteiger partial charge on any atom is 0.328 e. The van der Waals surface area contributed by atoms with Crippen LogP contribution in [0.5, 0.6) is 0 Å². The van der Waals surface area contributed by atoms with Gasteiger partial charge >= 0.3 is 5.97 Å². The van der Waals surface area contributed by atoms with E-state index in [0.29, 0.717) is 18.8 Å². The molecule has 2 unspecified atom stereocenters. The highest BCUT2D eigenvalue weighted by atomic mass is 35.5. The van der Waals surface area contributed by atoms with E-state index in [-0.39, 0.29) is 24.3 Å². The lowest BCUT2D eigenvalue weighted by molar-refractivity contribution is -0.145. The molecule has 0 aromatic carbocycles. The smallest absolute Gasteiger partial charge is 0.328 e. The fourth-order valence-electron chi connectivity index (χ4n) is 1.87. The van der Waals surface area contributed by atoms with Gasteiger partial charge in [0.15, 0.2) is 0 Å². The number of ether oxygens (including phenoxy) is 1. The number of amides is 1. The summed E-state index contributed by atoms with van der Waals surface area (Å²) in [7, 11) is 1.33. The van der Waals surface area contributed by atoms with Gasteiger partial charge in [0, 0.05) is 6.42 Å². The second kappa shape index (κ2) is 8.31. The van der Waals surface area contributed by atoms with Crippen molar-refractivity contribution < 1.29 is 14.3 Å². The maximum absolute atomic E-state index is 11.6. The quantitative estimate of drug-likeness (QED) is 0.709. The molecule has 0 bridgehead atoms. The minimum absolute atomic E-state index is 0. The Morgan fingerprint density at radius 2 is 2.24 bits per heavy atom. The third-order valence-electron chi connectivity index (χ3n) is 2.87. The van der Waals surface area contributed by atoms with Crippen molar-refractivity contribution >= 4 is 24.3 Å². The normalized spacial score (nSPS) is 20.2. The van der Waals surface area contributed by atoms with Crippen molar-refractivity contribution in [2.24, 2.45) is 5.92 Å². The van der Waals surface area contributed by atoms with Gasteiger partial charge in [-0.15, -0.1) is 12.4 Å². The van der Waals surface area contributed by atoms with Gasteiger partial charge in [0.25, 0.3) is 0 Å². The molecule has 1 amide bonds. The van der Waals surface area contributed by atoms with E-state index < -0.39 is 6.04 Å². The number of nitrogens with one attached hydrogen (secondary N) is 2. The average molecular weight is 265 g/mol. The largest absolute Gasteiger partial charge is 0.467 e. The van der Waals surface area contributed by atoms with Crippen molar-refractivity contribution in [2.75, 3.05) is 20.2 Å². The van der Waals surface area contributed by atoms with Gasteiger partial charge in [-0.1, -0.05) is 6.92 Å². The fourth-order valence-corrected chi connectivity index (χ4v) is 1.87. The van der Waals surface area contributed by atoms with Gasteiger partial charge in [0.05, 0.1) is 7.11 Å². The second-order valence-corrected chi connectivity index (χ2v) is 4.11. The number of hydrogen-bond acceptors (Lipinski definition) is 4. The van der Waals surface area contributed by atoms with Crippen molar-refractivity contribution in [3.8, 4) is 0 Å². The Morgan fingerprint density at radius 1 is 1.53 bits per heavy atom. The Labute approximate surface area is 108 Å². The Balaban J connectivity index is 0.00000256. The number of hydrogen-bond donors (Lipinski definition) is 2. The van der Waals surface area contributed by atoms with Crippen LogP contribution in [0.2, 0.25) is 0 Å². The lowest BCUT2D eigenvalue weighted by Crippen LogP contribution is -2.41. The molecule has 0 saturated carbocycles. The molecular weight excluding hydrogens is 244 g/mol. The first-order valence-corrected chi connectivity index (χ1v) is 5.75. The summed E-state index contributed by atoms with van der Waals surface area (Å²) < 4.78 is 4.61. The zero-order valence-corrected chi connectivity index (χ0v) is 11.1. The molecule has 1 aliphatic rings. The van der Waals surface area contributed by atoms with Crippen LogP contribution in [0.3, 0.4) is 0 Å². The van der Waals surface area contributed by atoms with Crippen LogP contribution in [0.1, 0.15) is 26.2 Å². The molecule has 17 heavy (non-hydrogen) atoms. The van der Waals surface area contributed by atoms with Crippen molar-refractivity contribution in [2.45, 2.75) is 32.2 Å². The number of carbonyl (C=O) groups is 2. The summed E-state index contributed by atoms with van der Waals surface area (Å²) >= 11 is 0. The summed E-state index contributed by atoms with van der Waals surface area (Å²) in [6.45, 7) is 3.72. The van der Waals surface area contributed by atoms with Crippen LogP contribution < -0.4 is 10.6 Å². The van der Waals surface area contributed by atoms with E-state index in [1.54, 1.807) is 0 Å². The number of rotatable bonds is 5. The van der Waals surface area contributed by atoms with E-state index in [4.69, 9.17) is 0 Å². The lowest BCUT2D eigenvalue weighted by Gasteiger charge is -2.15. The van der Waals surface area contributed by atoms with E-state index in [1.165, 1.54) is 7.11 Å². The number of carbonyl (C=O) groups excluding carboxylic acids is 2. The second-order valence-electron chi connectivity index (χ2n) is 4.11. The minimum Gasteiger partial charge on any atom is -0.467 e. The van der Waals surface area contributed by atoms with Crippen LogP contribution in [0.4, 0.5) is 0 Å². The summed E-state index contributed by atoms with van der Waals surface area (Å²) in [4.78, 5) is 22.9. The Hall–Kier alpha value is -0.810. The summed E-state index contributed by atoms with van der Waals surface area (Å²) in [6, 6.07) is -0.508. The molecule has 6 heteroatoms. The number of esters is 1. The van der Waals surface area contributed by atoms with Crippen LogP contribution in [-0.2, 0) is 14.3 Å². The van der Waals surface area contributed by atoms with Crippen LogP contribution in [-0.4, -0.2) is 38.1 Å². The van der Waals surface area contributed by atoms with Gasteiger partial charge in [-0.05, 0) is 31.8 Å². The average Bonchev–Trinajstić information content (AvgIpc) is 2.77. The minimum atomic E-state index is -0.508. The van der Waals surface area contributed by atoms with Gasteiger partial charge in [-0.2, -0.15) is 0 Å². The first-order valence-electron chi connectivity index (χ1n) is 5.75. The van der Waals surface area contributed by atoms with Gasteiger partial charge in [0.1, 0.15) is 6.04 Å².